The number of benzene rings is 1. The normalized spacial score (nSPS) is 23.0. The first-order valence-electron chi connectivity index (χ1n) is 6.22. The summed E-state index contributed by atoms with van der Waals surface area (Å²) in [5.41, 5.74) is 2.36. The molecule has 0 radical (unpaired) electrons. The molecule has 2 atom stereocenters. The third kappa shape index (κ3) is 3.56. The van der Waals surface area contributed by atoms with Gasteiger partial charge in [-0.05, 0) is 24.5 Å². The molecule has 1 heterocycles. The van der Waals surface area contributed by atoms with Crippen LogP contribution in [0.25, 0.3) is 0 Å². The molecule has 0 aliphatic carbocycles. The van der Waals surface area contributed by atoms with Gasteiger partial charge in [0.15, 0.2) is 0 Å². The molecular weight excluding hydrogens is 294 g/mol. The number of nitrogens with one attached hydrogen (secondary N) is 1. The maximum Gasteiger partial charge on any atom is 0.225 e. The number of carbonyl (C=O) groups is 1. The summed E-state index contributed by atoms with van der Waals surface area (Å²) in [7, 11) is 0. The fraction of sp³-hybridized carbons (Fsp3) is 0.500. The van der Waals surface area contributed by atoms with Gasteiger partial charge in [0.05, 0.1) is 18.6 Å². The number of amides is 1. The first-order valence-corrected chi connectivity index (χ1v) is 7.34. The van der Waals surface area contributed by atoms with Gasteiger partial charge >= 0.3 is 0 Å². The van der Waals surface area contributed by atoms with Gasteiger partial charge in [0.1, 0.15) is 0 Å². The monoisotopic (exact) mass is 311 g/mol. The molecule has 1 N–H and O–H groups in total. The molecule has 0 saturated carbocycles. The molecule has 1 amide bonds. The van der Waals surface area contributed by atoms with Crippen LogP contribution in [0, 0.1) is 5.92 Å². The lowest BCUT2D eigenvalue weighted by atomic mass is 10.1. The first-order chi connectivity index (χ1) is 8.69. The minimum atomic E-state index is 0.0156. The number of hydrogen-bond acceptors (Lipinski definition) is 2. The van der Waals surface area contributed by atoms with Gasteiger partial charge in [0.2, 0.25) is 5.91 Å². The van der Waals surface area contributed by atoms with Crippen LogP contribution < -0.4 is 5.32 Å². The van der Waals surface area contributed by atoms with Crippen LogP contribution in [0.2, 0.25) is 0 Å². The molecule has 4 heteroatoms. The second-order valence-electron chi connectivity index (χ2n) is 4.74. The van der Waals surface area contributed by atoms with E-state index in [1.54, 1.807) is 0 Å². The Morgan fingerprint density at radius 3 is 2.61 bits per heavy atom. The van der Waals surface area contributed by atoms with E-state index in [4.69, 9.17) is 4.74 Å². The molecule has 18 heavy (non-hydrogen) atoms. The molecule has 0 bridgehead atoms. The number of carbonyl (C=O) groups excluding carboxylic acids is 1. The van der Waals surface area contributed by atoms with Gasteiger partial charge < -0.3 is 10.1 Å². The Morgan fingerprint density at radius 2 is 2.06 bits per heavy atom. The second kappa shape index (κ2) is 6.34. The zero-order valence-corrected chi connectivity index (χ0v) is 12.1. The summed E-state index contributed by atoms with van der Waals surface area (Å²) < 4.78 is 5.40. The molecule has 1 aliphatic rings. The lowest BCUT2D eigenvalue weighted by molar-refractivity contribution is -0.125. The molecule has 1 aliphatic heterocycles. The van der Waals surface area contributed by atoms with Crippen LogP contribution in [0.4, 0.5) is 0 Å². The summed E-state index contributed by atoms with van der Waals surface area (Å²) in [4.78, 5) is 11.9. The highest BCUT2D eigenvalue weighted by atomic mass is 79.9. The predicted octanol–water partition coefficient (Wildman–Crippen LogP) is 2.62. The van der Waals surface area contributed by atoms with Crippen LogP contribution in [0.5, 0.6) is 0 Å². The zero-order chi connectivity index (χ0) is 13.0. The van der Waals surface area contributed by atoms with Crippen molar-refractivity contribution in [3.05, 3.63) is 35.4 Å². The summed E-state index contributed by atoms with van der Waals surface area (Å²) in [5, 5.41) is 3.83. The Balaban J connectivity index is 1.81. The fourth-order valence-electron chi connectivity index (χ4n) is 2.08. The van der Waals surface area contributed by atoms with Gasteiger partial charge in [-0.15, -0.1) is 0 Å². The summed E-state index contributed by atoms with van der Waals surface area (Å²) >= 11 is 3.41. The van der Waals surface area contributed by atoms with Gasteiger partial charge in [0, 0.05) is 11.9 Å². The van der Waals surface area contributed by atoms with E-state index in [9.17, 15) is 4.79 Å². The Labute approximate surface area is 116 Å². The molecule has 0 aromatic heterocycles. The van der Waals surface area contributed by atoms with Crippen LogP contribution in [0.3, 0.4) is 0 Å². The highest BCUT2D eigenvalue weighted by molar-refractivity contribution is 9.08. The van der Waals surface area contributed by atoms with E-state index in [1.807, 2.05) is 19.1 Å². The number of hydrogen-bond donors (Lipinski definition) is 1. The SMILES string of the molecule is CC1CC(C(=O)NCc2ccc(CBr)cc2)CO1. The van der Waals surface area contributed by atoms with Gasteiger partial charge in [-0.3, -0.25) is 4.79 Å². The minimum absolute atomic E-state index is 0.0156. The maximum absolute atomic E-state index is 11.9. The smallest absolute Gasteiger partial charge is 0.225 e. The lowest BCUT2D eigenvalue weighted by Gasteiger charge is -2.09. The summed E-state index contributed by atoms with van der Waals surface area (Å²) in [6.45, 7) is 3.15. The molecule has 3 nitrogen and oxygen atoms in total. The average molecular weight is 312 g/mol. The van der Waals surface area contributed by atoms with E-state index in [0.717, 1.165) is 17.3 Å². The number of ether oxygens (including phenoxy) is 1. The van der Waals surface area contributed by atoms with Gasteiger partial charge in [0.25, 0.3) is 0 Å². The van der Waals surface area contributed by atoms with Crippen molar-refractivity contribution in [3.63, 3.8) is 0 Å². The Morgan fingerprint density at radius 1 is 1.39 bits per heavy atom. The molecule has 1 aromatic rings. The predicted molar refractivity (Wildman–Crippen MR) is 74.4 cm³/mol. The quantitative estimate of drug-likeness (QED) is 0.868. The molecule has 98 valence electrons. The van der Waals surface area contributed by atoms with Gasteiger partial charge in [-0.2, -0.15) is 0 Å². The van der Waals surface area contributed by atoms with Crippen LogP contribution in [0.15, 0.2) is 24.3 Å². The standard InChI is InChI=1S/C14H18BrNO2/c1-10-6-13(9-18-10)14(17)16-8-12-4-2-11(7-15)3-5-12/h2-5,10,13H,6-9H2,1H3,(H,16,17). The fourth-order valence-corrected chi connectivity index (χ4v) is 2.45. The van der Waals surface area contributed by atoms with Crippen LogP contribution in [-0.4, -0.2) is 18.6 Å². The zero-order valence-electron chi connectivity index (χ0n) is 10.5. The second-order valence-corrected chi connectivity index (χ2v) is 5.31. The number of rotatable bonds is 4. The van der Waals surface area contributed by atoms with Gasteiger partial charge in [-0.25, -0.2) is 0 Å². The number of alkyl halides is 1. The highest BCUT2D eigenvalue weighted by Gasteiger charge is 2.27. The summed E-state index contributed by atoms with van der Waals surface area (Å²) in [5.74, 6) is 0.116. The molecule has 1 aromatic carbocycles. The van der Waals surface area contributed by atoms with Crippen LogP contribution in [0.1, 0.15) is 24.5 Å². The van der Waals surface area contributed by atoms with E-state index in [2.05, 4.69) is 33.4 Å². The van der Waals surface area contributed by atoms with Crippen molar-refractivity contribution < 1.29 is 9.53 Å². The van der Waals surface area contributed by atoms with Crippen molar-refractivity contribution in [3.8, 4) is 0 Å². The van der Waals surface area contributed by atoms with Crippen molar-refractivity contribution in [2.45, 2.75) is 31.3 Å². The molecule has 2 rings (SSSR count). The molecular formula is C14H18BrNO2. The van der Waals surface area contributed by atoms with E-state index >= 15 is 0 Å². The third-order valence-corrected chi connectivity index (χ3v) is 3.86. The van der Waals surface area contributed by atoms with Crippen LogP contribution >= 0.6 is 15.9 Å². The number of halogens is 1. The third-order valence-electron chi connectivity index (χ3n) is 3.21. The van der Waals surface area contributed by atoms with Crippen molar-refractivity contribution >= 4 is 21.8 Å². The molecule has 1 fully saturated rings. The largest absolute Gasteiger partial charge is 0.378 e. The average Bonchev–Trinajstić information content (AvgIpc) is 2.83. The van der Waals surface area contributed by atoms with E-state index < -0.39 is 0 Å². The van der Waals surface area contributed by atoms with Crippen molar-refractivity contribution in [2.75, 3.05) is 6.61 Å². The Hall–Kier alpha value is -0.870. The van der Waals surface area contributed by atoms with Crippen LogP contribution in [-0.2, 0) is 21.4 Å². The Bertz CT molecular complexity index is 405. The molecule has 0 spiro atoms. The van der Waals surface area contributed by atoms with Crippen molar-refractivity contribution in [1.82, 2.24) is 5.32 Å². The summed E-state index contributed by atoms with van der Waals surface area (Å²) in [6, 6.07) is 8.23. The maximum atomic E-state index is 11.9. The minimum Gasteiger partial charge on any atom is -0.378 e. The van der Waals surface area contributed by atoms with Gasteiger partial charge in [-0.1, -0.05) is 40.2 Å². The lowest BCUT2D eigenvalue weighted by Crippen LogP contribution is -2.30. The van der Waals surface area contributed by atoms with E-state index in [0.29, 0.717) is 13.2 Å². The Kier molecular flexibility index (Phi) is 4.78. The topological polar surface area (TPSA) is 38.3 Å². The first kappa shape index (κ1) is 13.6. The molecule has 2 unspecified atom stereocenters. The summed E-state index contributed by atoms with van der Waals surface area (Å²) in [6.07, 6.45) is 1.04. The highest BCUT2D eigenvalue weighted by Crippen LogP contribution is 2.19. The van der Waals surface area contributed by atoms with Crippen molar-refractivity contribution in [2.24, 2.45) is 5.92 Å². The van der Waals surface area contributed by atoms with E-state index in [1.165, 1.54) is 5.56 Å². The van der Waals surface area contributed by atoms with E-state index in [-0.39, 0.29) is 17.9 Å². The molecule has 1 saturated heterocycles. The van der Waals surface area contributed by atoms with Crippen molar-refractivity contribution in [1.29, 1.82) is 0 Å².